The van der Waals surface area contributed by atoms with Crippen molar-refractivity contribution in [2.45, 2.75) is 33.0 Å². The Balaban J connectivity index is 2.25. The zero-order valence-electron chi connectivity index (χ0n) is 13.0. The van der Waals surface area contributed by atoms with Crippen LogP contribution >= 0.6 is 0 Å². The van der Waals surface area contributed by atoms with Crippen molar-refractivity contribution in [1.82, 2.24) is 15.0 Å². The molecule has 122 valence electrons. The van der Waals surface area contributed by atoms with E-state index >= 15 is 0 Å². The summed E-state index contributed by atoms with van der Waals surface area (Å²) in [4.78, 5) is 23.7. The van der Waals surface area contributed by atoms with Crippen LogP contribution in [0.15, 0.2) is 24.7 Å². The molecule has 2 N–H and O–H groups in total. The fourth-order valence-corrected chi connectivity index (χ4v) is 1.73. The van der Waals surface area contributed by atoms with E-state index < -0.39 is 24.1 Å². The molecule has 2 heterocycles. The molecule has 2 aromatic rings. The highest BCUT2D eigenvalue weighted by Gasteiger charge is 2.18. The Hall–Kier alpha value is -2.61. The third-order valence-electron chi connectivity index (χ3n) is 2.61. The number of aliphatic hydroxyl groups is 1. The van der Waals surface area contributed by atoms with Crippen LogP contribution in [0.2, 0.25) is 0 Å². The summed E-state index contributed by atoms with van der Waals surface area (Å²) >= 11 is 0. The van der Waals surface area contributed by atoms with Crippen molar-refractivity contribution in [2.24, 2.45) is 0 Å². The van der Waals surface area contributed by atoms with E-state index in [0.29, 0.717) is 11.3 Å². The molecular formula is C15H17FN4O3. The molecule has 0 aliphatic carbocycles. The minimum absolute atomic E-state index is 0.0786. The molecule has 0 spiro atoms. The number of nitrogens with one attached hydrogen (secondary N) is 1. The van der Waals surface area contributed by atoms with Crippen LogP contribution in [-0.2, 0) is 11.3 Å². The first-order valence-corrected chi connectivity index (χ1v) is 6.86. The first-order chi connectivity index (χ1) is 10.8. The van der Waals surface area contributed by atoms with Crippen molar-refractivity contribution < 1.29 is 19.0 Å². The molecule has 0 saturated carbocycles. The van der Waals surface area contributed by atoms with Crippen LogP contribution in [0.25, 0.3) is 11.3 Å². The van der Waals surface area contributed by atoms with Crippen molar-refractivity contribution in [2.75, 3.05) is 5.32 Å². The molecule has 7 nitrogen and oxygen atoms in total. The monoisotopic (exact) mass is 320 g/mol. The van der Waals surface area contributed by atoms with Crippen LogP contribution in [-0.4, -0.2) is 31.8 Å². The Bertz CT molecular complexity index is 716. The van der Waals surface area contributed by atoms with Gasteiger partial charge in [0.2, 0.25) is 0 Å². The van der Waals surface area contributed by atoms with E-state index in [1.807, 2.05) is 0 Å². The van der Waals surface area contributed by atoms with Crippen LogP contribution < -0.4 is 5.32 Å². The van der Waals surface area contributed by atoms with Gasteiger partial charge in [-0.05, 0) is 26.8 Å². The Morgan fingerprint density at radius 3 is 2.70 bits per heavy atom. The van der Waals surface area contributed by atoms with E-state index in [4.69, 9.17) is 4.74 Å². The van der Waals surface area contributed by atoms with Crippen LogP contribution in [0.4, 0.5) is 15.0 Å². The molecule has 2 aromatic heterocycles. The van der Waals surface area contributed by atoms with Gasteiger partial charge < -0.3 is 9.84 Å². The lowest BCUT2D eigenvalue weighted by atomic mass is 10.2. The van der Waals surface area contributed by atoms with Gasteiger partial charge in [-0.15, -0.1) is 0 Å². The molecule has 0 unspecified atom stereocenters. The number of nitrogens with zero attached hydrogens (tertiary/aromatic N) is 3. The summed E-state index contributed by atoms with van der Waals surface area (Å²) in [5.41, 5.74) is 0.216. The molecule has 0 fully saturated rings. The summed E-state index contributed by atoms with van der Waals surface area (Å²) in [5.74, 6) is -0.430. The number of amides is 1. The first kappa shape index (κ1) is 16.8. The quantitative estimate of drug-likeness (QED) is 0.902. The van der Waals surface area contributed by atoms with Crippen LogP contribution in [0.3, 0.4) is 0 Å². The van der Waals surface area contributed by atoms with Gasteiger partial charge in [0.1, 0.15) is 17.1 Å². The van der Waals surface area contributed by atoms with Crippen LogP contribution in [0, 0.1) is 5.82 Å². The van der Waals surface area contributed by atoms with E-state index in [0.717, 1.165) is 6.20 Å². The second-order valence-corrected chi connectivity index (χ2v) is 5.73. The van der Waals surface area contributed by atoms with Crippen LogP contribution in [0.1, 0.15) is 26.5 Å². The SMILES string of the molecule is CC(C)(C)OC(=O)Nc1ncc(-c2cncc(F)c2)nc1CO. The number of anilines is 1. The second kappa shape index (κ2) is 6.66. The van der Waals surface area contributed by atoms with Gasteiger partial charge in [-0.1, -0.05) is 0 Å². The van der Waals surface area contributed by atoms with Crippen LogP contribution in [0.5, 0.6) is 0 Å². The number of carbonyl (C=O) groups is 1. The maximum absolute atomic E-state index is 13.2. The predicted octanol–water partition coefficient (Wildman–Crippen LogP) is 2.52. The summed E-state index contributed by atoms with van der Waals surface area (Å²) in [6.45, 7) is 4.73. The lowest BCUT2D eigenvalue weighted by Crippen LogP contribution is -2.28. The van der Waals surface area contributed by atoms with Gasteiger partial charge in [0, 0.05) is 11.8 Å². The van der Waals surface area contributed by atoms with E-state index in [2.05, 4.69) is 20.3 Å². The maximum atomic E-state index is 13.2. The molecular weight excluding hydrogens is 303 g/mol. The second-order valence-electron chi connectivity index (χ2n) is 5.73. The number of rotatable bonds is 3. The minimum Gasteiger partial charge on any atom is -0.444 e. The highest BCUT2D eigenvalue weighted by molar-refractivity contribution is 5.84. The molecule has 8 heteroatoms. The third-order valence-corrected chi connectivity index (χ3v) is 2.61. The standard InChI is InChI=1S/C15H17FN4O3/c1-15(2,3)23-14(22)20-13-12(8-21)19-11(7-18-13)9-4-10(16)6-17-5-9/h4-7,21H,8H2,1-3H3,(H,18,20,22). The highest BCUT2D eigenvalue weighted by atomic mass is 19.1. The largest absolute Gasteiger partial charge is 0.444 e. The molecule has 0 saturated heterocycles. The zero-order valence-corrected chi connectivity index (χ0v) is 13.0. The Morgan fingerprint density at radius 1 is 1.35 bits per heavy atom. The number of aromatic nitrogens is 3. The lowest BCUT2D eigenvalue weighted by molar-refractivity contribution is 0.0635. The molecule has 0 bridgehead atoms. The summed E-state index contributed by atoms with van der Waals surface area (Å²) in [7, 11) is 0. The molecule has 0 aromatic carbocycles. The van der Waals surface area contributed by atoms with Crippen molar-refractivity contribution in [1.29, 1.82) is 0 Å². The minimum atomic E-state index is -0.707. The van der Waals surface area contributed by atoms with Crippen molar-refractivity contribution in [3.63, 3.8) is 0 Å². The molecule has 0 aliphatic rings. The molecule has 0 radical (unpaired) electrons. The number of carbonyl (C=O) groups excluding carboxylic acids is 1. The van der Waals surface area contributed by atoms with E-state index in [9.17, 15) is 14.3 Å². The normalized spacial score (nSPS) is 11.2. The van der Waals surface area contributed by atoms with Gasteiger partial charge in [-0.3, -0.25) is 10.3 Å². The molecule has 0 aliphatic heterocycles. The molecule has 2 rings (SSSR count). The molecule has 0 atom stereocenters. The summed E-state index contributed by atoms with van der Waals surface area (Å²) < 4.78 is 18.3. The van der Waals surface area contributed by atoms with Gasteiger partial charge in [0.15, 0.2) is 5.82 Å². The summed E-state index contributed by atoms with van der Waals surface area (Å²) in [6, 6.07) is 1.25. The third kappa shape index (κ3) is 4.68. The topological polar surface area (TPSA) is 97.2 Å². The molecule has 1 amide bonds. The predicted molar refractivity (Wildman–Crippen MR) is 81.0 cm³/mol. The fourth-order valence-electron chi connectivity index (χ4n) is 1.73. The van der Waals surface area contributed by atoms with Gasteiger partial charge >= 0.3 is 6.09 Å². The average molecular weight is 320 g/mol. The Kier molecular flexibility index (Phi) is 4.85. The highest BCUT2D eigenvalue weighted by Crippen LogP contribution is 2.20. The fraction of sp³-hybridized carbons (Fsp3) is 0.333. The van der Waals surface area contributed by atoms with E-state index in [-0.39, 0.29) is 11.5 Å². The Labute approximate surface area is 132 Å². The van der Waals surface area contributed by atoms with Gasteiger partial charge in [-0.25, -0.2) is 19.2 Å². The number of ether oxygens (including phenoxy) is 1. The number of pyridine rings is 1. The van der Waals surface area contributed by atoms with Gasteiger partial charge in [0.25, 0.3) is 0 Å². The number of hydrogen-bond donors (Lipinski definition) is 2. The van der Waals surface area contributed by atoms with Crippen molar-refractivity contribution >= 4 is 11.9 Å². The average Bonchev–Trinajstić information content (AvgIpc) is 2.45. The van der Waals surface area contributed by atoms with Crippen molar-refractivity contribution in [3.8, 4) is 11.3 Å². The number of hydrogen-bond acceptors (Lipinski definition) is 6. The Morgan fingerprint density at radius 2 is 2.09 bits per heavy atom. The lowest BCUT2D eigenvalue weighted by Gasteiger charge is -2.19. The van der Waals surface area contributed by atoms with E-state index in [1.165, 1.54) is 18.5 Å². The number of halogens is 1. The maximum Gasteiger partial charge on any atom is 0.413 e. The van der Waals surface area contributed by atoms with Gasteiger partial charge in [0.05, 0.1) is 24.7 Å². The summed E-state index contributed by atoms with van der Waals surface area (Å²) in [5, 5.41) is 11.8. The zero-order chi connectivity index (χ0) is 17.0. The number of aliphatic hydroxyl groups excluding tert-OH is 1. The molecule has 23 heavy (non-hydrogen) atoms. The van der Waals surface area contributed by atoms with Gasteiger partial charge in [-0.2, -0.15) is 0 Å². The smallest absolute Gasteiger partial charge is 0.413 e. The first-order valence-electron chi connectivity index (χ1n) is 6.86. The summed E-state index contributed by atoms with van der Waals surface area (Å²) in [6.07, 6.45) is 3.14. The van der Waals surface area contributed by atoms with Crippen molar-refractivity contribution in [3.05, 3.63) is 36.2 Å². The van der Waals surface area contributed by atoms with E-state index in [1.54, 1.807) is 20.8 Å².